The highest BCUT2D eigenvalue weighted by atomic mass is 32.1. The zero-order valence-electron chi connectivity index (χ0n) is 12.5. The molecule has 3 rings (SSSR count). The van der Waals surface area contributed by atoms with E-state index in [9.17, 15) is 4.79 Å². The molecular weight excluding hydrogens is 304 g/mol. The second-order valence-corrected chi connectivity index (χ2v) is 6.29. The summed E-state index contributed by atoms with van der Waals surface area (Å²) in [6, 6.07) is 1.51. The standard InChI is InChI=1S/C14H18N4O3S/c1-9-5-18(6-10(2)21-9)7-11-8-22-14(15-11)16-13(19)12-3-4-20-17-12/h3-4,8-10H,5-7H2,1-2H3,(H,15,16,19). The Labute approximate surface area is 132 Å². The fraction of sp³-hybridized carbons (Fsp3) is 0.500. The van der Waals surface area contributed by atoms with Crippen molar-refractivity contribution < 1.29 is 14.1 Å². The van der Waals surface area contributed by atoms with E-state index in [4.69, 9.17) is 4.74 Å². The first kappa shape index (κ1) is 15.1. The Kier molecular flexibility index (Phi) is 4.51. The lowest BCUT2D eigenvalue weighted by Gasteiger charge is -2.34. The van der Waals surface area contributed by atoms with E-state index in [0.717, 1.165) is 25.3 Å². The number of carbonyl (C=O) groups excluding carboxylic acids is 1. The van der Waals surface area contributed by atoms with E-state index in [2.05, 4.69) is 38.7 Å². The third-order valence-corrected chi connectivity index (χ3v) is 4.13. The zero-order chi connectivity index (χ0) is 15.5. The zero-order valence-corrected chi connectivity index (χ0v) is 13.3. The van der Waals surface area contributed by atoms with E-state index in [1.54, 1.807) is 0 Å². The van der Waals surface area contributed by atoms with Crippen molar-refractivity contribution in [3.05, 3.63) is 29.1 Å². The van der Waals surface area contributed by atoms with Gasteiger partial charge in [0.25, 0.3) is 5.91 Å². The summed E-state index contributed by atoms with van der Waals surface area (Å²) in [4.78, 5) is 18.6. The summed E-state index contributed by atoms with van der Waals surface area (Å²) in [5, 5.41) is 8.85. The third-order valence-electron chi connectivity index (χ3n) is 3.32. The molecule has 1 fully saturated rings. The van der Waals surface area contributed by atoms with Crippen molar-refractivity contribution in [2.45, 2.75) is 32.6 Å². The van der Waals surface area contributed by atoms with Crippen LogP contribution in [0.1, 0.15) is 30.0 Å². The van der Waals surface area contributed by atoms with Gasteiger partial charge in [-0.1, -0.05) is 5.16 Å². The highest BCUT2D eigenvalue weighted by molar-refractivity contribution is 7.13. The highest BCUT2D eigenvalue weighted by Crippen LogP contribution is 2.19. The minimum absolute atomic E-state index is 0.230. The first-order valence-corrected chi connectivity index (χ1v) is 8.02. The van der Waals surface area contributed by atoms with Gasteiger partial charge in [0.1, 0.15) is 6.26 Å². The third kappa shape index (κ3) is 3.70. The SMILES string of the molecule is CC1CN(Cc2csc(NC(=O)c3ccon3)n2)CC(C)O1. The number of ether oxygens (including phenoxy) is 1. The molecule has 0 spiro atoms. The first-order valence-electron chi connectivity index (χ1n) is 7.14. The molecule has 2 aromatic heterocycles. The molecule has 2 aromatic rings. The summed E-state index contributed by atoms with van der Waals surface area (Å²) >= 11 is 1.41. The maximum absolute atomic E-state index is 11.9. The summed E-state index contributed by atoms with van der Waals surface area (Å²) in [7, 11) is 0. The van der Waals surface area contributed by atoms with E-state index in [0.29, 0.717) is 5.13 Å². The number of nitrogens with one attached hydrogen (secondary N) is 1. The van der Waals surface area contributed by atoms with Gasteiger partial charge in [0, 0.05) is 31.1 Å². The van der Waals surface area contributed by atoms with Crippen LogP contribution in [0.2, 0.25) is 0 Å². The number of morpholine rings is 1. The molecule has 1 aliphatic rings. The van der Waals surface area contributed by atoms with E-state index in [1.807, 2.05) is 5.38 Å². The van der Waals surface area contributed by atoms with Crippen LogP contribution in [0, 0.1) is 0 Å². The normalized spacial score (nSPS) is 22.6. The molecular formula is C14H18N4O3S. The molecule has 0 radical (unpaired) electrons. The number of hydrogen-bond donors (Lipinski definition) is 1. The van der Waals surface area contributed by atoms with Crippen LogP contribution < -0.4 is 5.32 Å². The van der Waals surface area contributed by atoms with Gasteiger partial charge < -0.3 is 9.26 Å². The molecule has 1 N–H and O–H groups in total. The second-order valence-electron chi connectivity index (χ2n) is 5.43. The molecule has 0 aliphatic carbocycles. The first-order chi connectivity index (χ1) is 10.6. The average molecular weight is 322 g/mol. The molecule has 0 bridgehead atoms. The van der Waals surface area contributed by atoms with E-state index in [1.165, 1.54) is 23.7 Å². The second kappa shape index (κ2) is 6.55. The molecule has 2 atom stereocenters. The molecule has 7 nitrogen and oxygen atoms in total. The van der Waals surface area contributed by atoms with Crippen LogP contribution in [0.4, 0.5) is 5.13 Å². The smallest absolute Gasteiger partial charge is 0.279 e. The molecule has 22 heavy (non-hydrogen) atoms. The largest absolute Gasteiger partial charge is 0.373 e. The van der Waals surface area contributed by atoms with Crippen LogP contribution in [0.3, 0.4) is 0 Å². The molecule has 0 saturated carbocycles. The van der Waals surface area contributed by atoms with Crippen molar-refractivity contribution in [2.75, 3.05) is 18.4 Å². The van der Waals surface area contributed by atoms with Crippen molar-refractivity contribution in [1.29, 1.82) is 0 Å². The summed E-state index contributed by atoms with van der Waals surface area (Å²) in [6.45, 7) is 6.69. The van der Waals surface area contributed by atoms with Crippen molar-refractivity contribution >= 4 is 22.4 Å². The van der Waals surface area contributed by atoms with Crippen molar-refractivity contribution in [3.8, 4) is 0 Å². The number of thiazole rings is 1. The Morgan fingerprint density at radius 1 is 1.45 bits per heavy atom. The predicted octanol–water partition coefficient (Wildman–Crippen LogP) is 1.99. The van der Waals surface area contributed by atoms with E-state index < -0.39 is 0 Å². The van der Waals surface area contributed by atoms with Crippen molar-refractivity contribution in [3.63, 3.8) is 0 Å². The summed E-state index contributed by atoms with van der Waals surface area (Å²) < 4.78 is 10.4. The van der Waals surface area contributed by atoms with Gasteiger partial charge >= 0.3 is 0 Å². The lowest BCUT2D eigenvalue weighted by Crippen LogP contribution is -2.44. The fourth-order valence-corrected chi connectivity index (χ4v) is 3.27. The molecule has 118 valence electrons. The predicted molar refractivity (Wildman–Crippen MR) is 81.9 cm³/mol. The van der Waals surface area contributed by atoms with Crippen LogP contribution in [0.25, 0.3) is 0 Å². The Bertz CT molecular complexity index is 618. The summed E-state index contributed by atoms with van der Waals surface area (Å²) in [6.07, 6.45) is 1.82. The lowest BCUT2D eigenvalue weighted by atomic mass is 10.2. The highest BCUT2D eigenvalue weighted by Gasteiger charge is 2.22. The van der Waals surface area contributed by atoms with Crippen molar-refractivity contribution in [1.82, 2.24) is 15.0 Å². The number of nitrogens with zero attached hydrogens (tertiary/aromatic N) is 3. The number of rotatable bonds is 4. The van der Waals surface area contributed by atoms with Crippen molar-refractivity contribution in [2.24, 2.45) is 0 Å². The molecule has 1 aliphatic heterocycles. The van der Waals surface area contributed by atoms with Gasteiger partial charge in [-0.25, -0.2) is 4.98 Å². The maximum atomic E-state index is 11.9. The number of amides is 1. The Morgan fingerprint density at radius 3 is 2.91 bits per heavy atom. The minimum Gasteiger partial charge on any atom is -0.373 e. The Balaban J connectivity index is 1.58. The topological polar surface area (TPSA) is 80.5 Å². The molecule has 2 unspecified atom stereocenters. The van der Waals surface area contributed by atoms with E-state index >= 15 is 0 Å². The van der Waals surface area contributed by atoms with Crippen LogP contribution in [-0.4, -0.2) is 46.2 Å². The molecule has 3 heterocycles. The lowest BCUT2D eigenvalue weighted by molar-refractivity contribution is -0.0707. The average Bonchev–Trinajstić information content (AvgIpc) is 3.09. The fourth-order valence-electron chi connectivity index (χ4n) is 2.57. The van der Waals surface area contributed by atoms with Crippen LogP contribution in [0.15, 0.2) is 22.2 Å². The maximum Gasteiger partial charge on any atom is 0.279 e. The van der Waals surface area contributed by atoms with Crippen LogP contribution >= 0.6 is 11.3 Å². The monoisotopic (exact) mass is 322 g/mol. The van der Waals surface area contributed by atoms with E-state index in [-0.39, 0.29) is 23.8 Å². The van der Waals surface area contributed by atoms with Crippen LogP contribution in [0.5, 0.6) is 0 Å². The number of anilines is 1. The molecule has 1 saturated heterocycles. The molecule has 1 amide bonds. The van der Waals surface area contributed by atoms with Gasteiger partial charge in [0.2, 0.25) is 0 Å². The van der Waals surface area contributed by atoms with Gasteiger partial charge in [-0.3, -0.25) is 15.0 Å². The summed E-state index contributed by atoms with van der Waals surface area (Å²) in [5.41, 5.74) is 1.19. The van der Waals surface area contributed by atoms with Gasteiger partial charge in [0.05, 0.1) is 17.9 Å². The number of aromatic nitrogens is 2. The van der Waals surface area contributed by atoms with Gasteiger partial charge in [0.15, 0.2) is 10.8 Å². The van der Waals surface area contributed by atoms with Crippen LogP contribution in [-0.2, 0) is 11.3 Å². The minimum atomic E-state index is -0.316. The molecule has 0 aromatic carbocycles. The number of hydrogen-bond acceptors (Lipinski definition) is 7. The van der Waals surface area contributed by atoms with Gasteiger partial charge in [-0.05, 0) is 13.8 Å². The summed E-state index contributed by atoms with van der Waals surface area (Å²) in [5.74, 6) is -0.316. The quantitative estimate of drug-likeness (QED) is 0.927. The van der Waals surface area contributed by atoms with Gasteiger partial charge in [-0.2, -0.15) is 0 Å². The van der Waals surface area contributed by atoms with Gasteiger partial charge in [-0.15, -0.1) is 11.3 Å². The Hall–Kier alpha value is -1.77. The Morgan fingerprint density at radius 2 is 2.23 bits per heavy atom. The molecule has 8 heteroatoms. The number of carbonyl (C=O) groups is 1.